The summed E-state index contributed by atoms with van der Waals surface area (Å²) in [5.74, 6) is -3.86. The quantitative estimate of drug-likeness (QED) is 0.593. The van der Waals surface area contributed by atoms with E-state index in [1.54, 1.807) is 23.6 Å². The second kappa shape index (κ2) is 9.98. The smallest absolute Gasteiger partial charge is 0.478 e. The summed E-state index contributed by atoms with van der Waals surface area (Å²) in [7, 11) is -3.71. The largest absolute Gasteiger partial charge is 0.490 e. The summed E-state index contributed by atoms with van der Waals surface area (Å²) < 4.78 is 64.1. The average Bonchev–Trinajstić information content (AvgIpc) is 3.24. The molecule has 14 heteroatoms. The van der Waals surface area contributed by atoms with Crippen molar-refractivity contribution in [1.82, 2.24) is 0 Å². The maximum atomic E-state index is 12.3. The molecule has 1 fully saturated rings. The van der Waals surface area contributed by atoms with E-state index in [0.717, 1.165) is 11.3 Å². The molecule has 9 nitrogen and oxygen atoms in total. The third kappa shape index (κ3) is 6.83. The Labute approximate surface area is 178 Å². The number of rotatable bonds is 5. The van der Waals surface area contributed by atoms with Crippen molar-refractivity contribution in [3.05, 3.63) is 41.3 Å². The number of carboxylic acid groups (broad SMARTS) is 2. The number of aromatic carboxylic acids is 1. The Morgan fingerprint density at radius 2 is 1.74 bits per heavy atom. The third-order valence-corrected chi connectivity index (χ3v) is 6.61. The van der Waals surface area contributed by atoms with Crippen LogP contribution < -0.4 is 9.62 Å². The van der Waals surface area contributed by atoms with E-state index in [-0.39, 0.29) is 15.5 Å². The summed E-state index contributed by atoms with van der Waals surface area (Å²) in [5.41, 5.74) is 0.839. The molecule has 3 N–H and O–H groups in total. The van der Waals surface area contributed by atoms with E-state index < -0.39 is 28.1 Å². The van der Waals surface area contributed by atoms with Crippen molar-refractivity contribution >= 4 is 44.7 Å². The summed E-state index contributed by atoms with van der Waals surface area (Å²) in [5, 5.41) is 18.3. The van der Waals surface area contributed by atoms with Gasteiger partial charge in [0.15, 0.2) is 0 Å². The van der Waals surface area contributed by atoms with Crippen molar-refractivity contribution in [2.45, 2.75) is 10.4 Å². The number of hydrogen-bond donors (Lipinski definition) is 3. The van der Waals surface area contributed by atoms with E-state index in [0.29, 0.717) is 32.0 Å². The first-order valence-electron chi connectivity index (χ1n) is 8.48. The van der Waals surface area contributed by atoms with E-state index in [4.69, 9.17) is 14.6 Å². The molecule has 0 radical (unpaired) electrons. The molecular weight excluding hydrogens is 465 g/mol. The number of morpholine rings is 1. The molecule has 3 rings (SSSR count). The molecule has 1 aliphatic rings. The lowest BCUT2D eigenvalue weighted by atomic mass is 10.1. The van der Waals surface area contributed by atoms with E-state index >= 15 is 0 Å². The van der Waals surface area contributed by atoms with Crippen molar-refractivity contribution in [2.75, 3.05) is 35.9 Å². The number of aliphatic carboxylic acids is 1. The summed E-state index contributed by atoms with van der Waals surface area (Å²) in [4.78, 5) is 22.4. The molecule has 2 heterocycles. The van der Waals surface area contributed by atoms with Crippen LogP contribution in [0.3, 0.4) is 0 Å². The van der Waals surface area contributed by atoms with Gasteiger partial charge in [0.2, 0.25) is 0 Å². The summed E-state index contributed by atoms with van der Waals surface area (Å²) >= 11 is 1.10. The van der Waals surface area contributed by atoms with Gasteiger partial charge in [-0.15, -0.1) is 11.3 Å². The normalized spacial score (nSPS) is 14.4. The van der Waals surface area contributed by atoms with Crippen LogP contribution in [0.1, 0.15) is 10.4 Å². The number of carbonyl (C=O) groups is 2. The Morgan fingerprint density at radius 3 is 2.23 bits per heavy atom. The number of nitrogens with zero attached hydrogens (tertiary/aromatic N) is 1. The molecule has 0 saturated carbocycles. The van der Waals surface area contributed by atoms with Crippen LogP contribution in [0.2, 0.25) is 0 Å². The minimum atomic E-state index is -5.08. The van der Waals surface area contributed by atoms with Crippen LogP contribution in [0.5, 0.6) is 0 Å². The highest BCUT2D eigenvalue weighted by Gasteiger charge is 2.38. The highest BCUT2D eigenvalue weighted by Crippen LogP contribution is 2.27. The topological polar surface area (TPSA) is 133 Å². The number of halogens is 3. The molecule has 1 aromatic carbocycles. The van der Waals surface area contributed by atoms with Crippen molar-refractivity contribution in [1.29, 1.82) is 0 Å². The monoisotopic (exact) mass is 482 g/mol. The van der Waals surface area contributed by atoms with Crippen LogP contribution in [0.25, 0.3) is 0 Å². The number of anilines is 2. The standard InChI is InChI=1S/C15H16N2O5S2.C2HF3O2/c18-15(19)12-10-11(16-24(20,21)14-2-1-9-23-14)3-4-13(12)17-5-7-22-8-6-17;3-2(4,5)1(6)7/h1-4,9-10,16H,5-8H2,(H,18,19);(H,6,7). The van der Waals surface area contributed by atoms with Gasteiger partial charge in [-0.05, 0) is 29.6 Å². The second-order valence-corrected chi connectivity index (χ2v) is 8.83. The van der Waals surface area contributed by atoms with Crippen molar-refractivity contribution in [3.63, 3.8) is 0 Å². The number of nitrogens with one attached hydrogen (secondary N) is 1. The minimum Gasteiger partial charge on any atom is -0.478 e. The number of sulfonamides is 1. The molecule has 0 amide bonds. The number of thiophene rings is 1. The third-order valence-electron chi connectivity index (χ3n) is 3.83. The molecule has 1 saturated heterocycles. The zero-order valence-electron chi connectivity index (χ0n) is 15.6. The number of carboxylic acids is 2. The van der Waals surface area contributed by atoms with Crippen LogP contribution in [0.4, 0.5) is 24.5 Å². The fourth-order valence-corrected chi connectivity index (χ4v) is 4.52. The minimum absolute atomic E-state index is 0.0586. The van der Waals surface area contributed by atoms with E-state index in [2.05, 4.69) is 4.72 Å². The fourth-order valence-electron chi connectivity index (χ4n) is 2.47. The molecule has 170 valence electrons. The molecule has 0 spiro atoms. The zero-order valence-corrected chi connectivity index (χ0v) is 17.3. The van der Waals surface area contributed by atoms with E-state index in [9.17, 15) is 31.5 Å². The second-order valence-electron chi connectivity index (χ2n) is 5.98. The van der Waals surface area contributed by atoms with Gasteiger partial charge in [-0.25, -0.2) is 18.0 Å². The Hall–Kier alpha value is -2.84. The molecule has 0 aliphatic carbocycles. The van der Waals surface area contributed by atoms with Gasteiger partial charge in [0.05, 0.1) is 24.5 Å². The van der Waals surface area contributed by atoms with Gasteiger partial charge in [0.1, 0.15) is 4.21 Å². The fraction of sp³-hybridized carbons (Fsp3) is 0.294. The molecule has 2 aromatic rings. The van der Waals surface area contributed by atoms with Gasteiger partial charge < -0.3 is 19.8 Å². The summed E-state index contributed by atoms with van der Waals surface area (Å²) in [6.45, 7) is 2.26. The van der Waals surface area contributed by atoms with Gasteiger partial charge in [-0.3, -0.25) is 4.72 Å². The van der Waals surface area contributed by atoms with Gasteiger partial charge in [-0.1, -0.05) is 6.07 Å². The number of alkyl halides is 3. The molecule has 1 aromatic heterocycles. The highest BCUT2D eigenvalue weighted by molar-refractivity contribution is 7.94. The maximum Gasteiger partial charge on any atom is 0.490 e. The molecule has 0 bridgehead atoms. The van der Waals surface area contributed by atoms with Gasteiger partial charge in [-0.2, -0.15) is 13.2 Å². The summed E-state index contributed by atoms with van der Waals surface area (Å²) in [6.07, 6.45) is -5.08. The summed E-state index contributed by atoms with van der Waals surface area (Å²) in [6, 6.07) is 7.68. The zero-order chi connectivity index (χ0) is 23.2. The number of benzene rings is 1. The van der Waals surface area contributed by atoms with Crippen molar-refractivity contribution in [2.24, 2.45) is 0 Å². The first kappa shape index (κ1) is 24.4. The first-order valence-corrected chi connectivity index (χ1v) is 10.8. The lowest BCUT2D eigenvalue weighted by Gasteiger charge is -2.30. The van der Waals surface area contributed by atoms with Crippen LogP contribution in [-0.4, -0.2) is 63.0 Å². The number of ether oxygens (including phenoxy) is 1. The molecule has 31 heavy (non-hydrogen) atoms. The Kier molecular flexibility index (Phi) is 7.86. The van der Waals surface area contributed by atoms with Gasteiger partial charge in [0.25, 0.3) is 10.0 Å². The van der Waals surface area contributed by atoms with Crippen LogP contribution in [0, 0.1) is 0 Å². The van der Waals surface area contributed by atoms with E-state index in [1.165, 1.54) is 12.1 Å². The van der Waals surface area contributed by atoms with Gasteiger partial charge in [0, 0.05) is 18.8 Å². The van der Waals surface area contributed by atoms with Crippen molar-refractivity contribution in [3.8, 4) is 0 Å². The SMILES string of the molecule is O=C(O)C(F)(F)F.O=C(O)c1cc(NS(=O)(=O)c2cccs2)ccc1N1CCOCC1. The maximum absolute atomic E-state index is 12.3. The Bertz CT molecular complexity index is 1020. The lowest BCUT2D eigenvalue weighted by Crippen LogP contribution is -2.37. The molecular formula is C17H17F3N2O7S2. The lowest BCUT2D eigenvalue weighted by molar-refractivity contribution is -0.192. The predicted molar refractivity (Wildman–Crippen MR) is 105 cm³/mol. The van der Waals surface area contributed by atoms with Crippen LogP contribution in [0.15, 0.2) is 39.9 Å². The van der Waals surface area contributed by atoms with Gasteiger partial charge >= 0.3 is 18.1 Å². The highest BCUT2D eigenvalue weighted by atomic mass is 32.2. The molecule has 0 unspecified atom stereocenters. The van der Waals surface area contributed by atoms with E-state index in [1.807, 2.05) is 4.90 Å². The Morgan fingerprint density at radius 1 is 1.13 bits per heavy atom. The molecule has 0 atom stereocenters. The van der Waals surface area contributed by atoms with Crippen molar-refractivity contribution < 1.29 is 46.1 Å². The number of hydrogen-bond acceptors (Lipinski definition) is 7. The first-order chi connectivity index (χ1) is 14.4. The predicted octanol–water partition coefficient (Wildman–Crippen LogP) is 2.72. The Balaban J connectivity index is 0.000000423. The molecule has 1 aliphatic heterocycles. The van der Waals surface area contributed by atoms with Crippen LogP contribution >= 0.6 is 11.3 Å². The van der Waals surface area contributed by atoms with Crippen LogP contribution in [-0.2, 0) is 19.6 Å². The average molecular weight is 482 g/mol.